The Kier molecular flexibility index (Phi) is 6.16. The van der Waals surface area contributed by atoms with Gasteiger partial charge in [-0.2, -0.15) is 0 Å². The summed E-state index contributed by atoms with van der Waals surface area (Å²) < 4.78 is 4.74. The second kappa shape index (κ2) is 6.37. The first-order valence-electron chi connectivity index (χ1n) is 3.31. The quantitative estimate of drug-likeness (QED) is 0.460. The Labute approximate surface area is 70.5 Å². The van der Waals surface area contributed by atoms with Crippen LogP contribution in [-0.4, -0.2) is 30.4 Å². The highest BCUT2D eigenvalue weighted by Gasteiger charge is 2.04. The van der Waals surface area contributed by atoms with Crippen LogP contribution in [-0.2, 0) is 14.3 Å². The average molecular weight is 176 g/mol. The van der Waals surface area contributed by atoms with Crippen LogP contribution in [0.15, 0.2) is 0 Å². The predicted octanol–water partition coefficient (Wildman–Crippen LogP) is 0.872. The maximum Gasteiger partial charge on any atom is 0.196 e. The molecular weight excluding hydrogens is 164 g/mol. The molecule has 0 bridgehead atoms. The Bertz CT molecular complexity index is 145. The smallest absolute Gasteiger partial charge is 0.196 e. The van der Waals surface area contributed by atoms with Crippen LogP contribution in [0, 0.1) is 0 Å². The maximum atomic E-state index is 10.8. The molecule has 0 aromatic rings. The van der Waals surface area contributed by atoms with Crippen molar-refractivity contribution in [2.24, 2.45) is 0 Å². The summed E-state index contributed by atoms with van der Waals surface area (Å²) in [6, 6.07) is 0. The second-order valence-electron chi connectivity index (χ2n) is 2.09. The number of ether oxygens (including phenoxy) is 1. The maximum absolute atomic E-state index is 10.8. The lowest BCUT2D eigenvalue weighted by Gasteiger charge is -1.96. The van der Waals surface area contributed by atoms with Crippen molar-refractivity contribution < 1.29 is 14.3 Å². The molecule has 0 amide bonds. The Balaban J connectivity index is 3.30. The first-order valence-corrected chi connectivity index (χ1v) is 4.29. The summed E-state index contributed by atoms with van der Waals surface area (Å²) in [5.41, 5.74) is 0. The molecule has 0 aromatic carbocycles. The number of Topliss-reactive ketones (excluding diaryl/α,β-unsaturated/α-hetero) is 1. The van der Waals surface area contributed by atoms with Gasteiger partial charge in [0.05, 0.1) is 13.0 Å². The van der Waals surface area contributed by atoms with Crippen molar-refractivity contribution in [3.63, 3.8) is 0 Å². The highest BCUT2D eigenvalue weighted by molar-refractivity contribution is 8.13. The SMILES string of the molecule is COCCSC(=O)CC(C)=O. The number of ketones is 1. The second-order valence-corrected chi connectivity index (χ2v) is 3.24. The van der Waals surface area contributed by atoms with E-state index in [1.807, 2.05) is 0 Å². The molecule has 0 spiro atoms. The Hall–Kier alpha value is -0.350. The van der Waals surface area contributed by atoms with Crippen LogP contribution in [0.1, 0.15) is 13.3 Å². The summed E-state index contributed by atoms with van der Waals surface area (Å²) in [6.07, 6.45) is 0.0361. The summed E-state index contributed by atoms with van der Waals surface area (Å²) in [6.45, 7) is 1.96. The van der Waals surface area contributed by atoms with Crippen molar-refractivity contribution in [1.82, 2.24) is 0 Å². The summed E-state index contributed by atoms with van der Waals surface area (Å²) in [5.74, 6) is 0.544. The summed E-state index contributed by atoms with van der Waals surface area (Å²) in [7, 11) is 1.58. The fourth-order valence-corrected chi connectivity index (χ4v) is 1.28. The van der Waals surface area contributed by atoms with Crippen LogP contribution < -0.4 is 0 Å². The van der Waals surface area contributed by atoms with E-state index < -0.39 is 0 Å². The molecule has 0 fully saturated rings. The Morgan fingerprint density at radius 3 is 2.55 bits per heavy atom. The number of hydrogen-bond acceptors (Lipinski definition) is 4. The standard InChI is InChI=1S/C7H12O3S/c1-6(8)5-7(9)11-4-3-10-2/h3-5H2,1-2H3. The third-order valence-electron chi connectivity index (χ3n) is 0.944. The number of carbonyl (C=O) groups excluding carboxylic acids is 2. The van der Waals surface area contributed by atoms with Gasteiger partial charge in [-0.1, -0.05) is 11.8 Å². The molecule has 0 saturated heterocycles. The van der Waals surface area contributed by atoms with Crippen molar-refractivity contribution in [2.75, 3.05) is 19.5 Å². The summed E-state index contributed by atoms with van der Waals surface area (Å²) >= 11 is 1.14. The van der Waals surface area contributed by atoms with Gasteiger partial charge < -0.3 is 4.74 Å². The number of carbonyl (C=O) groups is 2. The third-order valence-corrected chi connectivity index (χ3v) is 1.78. The largest absolute Gasteiger partial charge is 0.384 e. The highest BCUT2D eigenvalue weighted by atomic mass is 32.2. The van der Waals surface area contributed by atoms with Crippen LogP contribution in [0.5, 0.6) is 0 Å². The fraction of sp³-hybridized carbons (Fsp3) is 0.714. The van der Waals surface area contributed by atoms with Gasteiger partial charge in [-0.3, -0.25) is 9.59 Å². The first-order chi connectivity index (χ1) is 5.16. The van der Waals surface area contributed by atoms with Gasteiger partial charge >= 0.3 is 0 Å². The molecule has 0 aliphatic rings. The molecule has 0 heterocycles. The molecule has 3 nitrogen and oxygen atoms in total. The first kappa shape index (κ1) is 10.7. The van der Waals surface area contributed by atoms with E-state index in [0.717, 1.165) is 11.8 Å². The van der Waals surface area contributed by atoms with E-state index >= 15 is 0 Å². The zero-order chi connectivity index (χ0) is 8.69. The summed E-state index contributed by atoms with van der Waals surface area (Å²) in [5, 5.41) is -0.0745. The number of methoxy groups -OCH3 is 1. The van der Waals surface area contributed by atoms with Gasteiger partial charge in [-0.05, 0) is 6.92 Å². The van der Waals surface area contributed by atoms with Crippen LogP contribution in [0.2, 0.25) is 0 Å². The fourth-order valence-electron chi connectivity index (χ4n) is 0.493. The Morgan fingerprint density at radius 1 is 1.45 bits per heavy atom. The number of rotatable bonds is 5. The molecule has 0 rings (SSSR count). The lowest BCUT2D eigenvalue weighted by atomic mass is 10.3. The topological polar surface area (TPSA) is 43.4 Å². The molecular formula is C7H12O3S. The van der Waals surface area contributed by atoms with Crippen LogP contribution in [0.3, 0.4) is 0 Å². The van der Waals surface area contributed by atoms with E-state index in [1.54, 1.807) is 7.11 Å². The molecule has 0 N–H and O–H groups in total. The molecule has 0 radical (unpaired) electrons. The van der Waals surface area contributed by atoms with Crippen molar-refractivity contribution in [3.8, 4) is 0 Å². The molecule has 4 heteroatoms. The number of hydrogen-bond donors (Lipinski definition) is 0. The van der Waals surface area contributed by atoms with E-state index in [4.69, 9.17) is 4.74 Å². The molecule has 0 aliphatic carbocycles. The van der Waals surface area contributed by atoms with E-state index in [9.17, 15) is 9.59 Å². The lowest BCUT2D eigenvalue weighted by molar-refractivity contribution is -0.121. The van der Waals surface area contributed by atoms with Crippen molar-refractivity contribution in [3.05, 3.63) is 0 Å². The molecule has 11 heavy (non-hydrogen) atoms. The third kappa shape index (κ3) is 7.55. The van der Waals surface area contributed by atoms with Gasteiger partial charge in [0.2, 0.25) is 0 Å². The molecule has 64 valence electrons. The van der Waals surface area contributed by atoms with Gasteiger partial charge in [0.15, 0.2) is 5.12 Å². The lowest BCUT2D eigenvalue weighted by Crippen LogP contribution is -2.02. The predicted molar refractivity (Wildman–Crippen MR) is 44.6 cm³/mol. The van der Waals surface area contributed by atoms with Gasteiger partial charge in [-0.15, -0.1) is 0 Å². The Morgan fingerprint density at radius 2 is 2.09 bits per heavy atom. The minimum absolute atomic E-state index is 0.0361. The van der Waals surface area contributed by atoms with Crippen molar-refractivity contribution >= 4 is 22.7 Å². The van der Waals surface area contributed by atoms with Gasteiger partial charge in [0.25, 0.3) is 0 Å². The van der Waals surface area contributed by atoms with E-state index in [0.29, 0.717) is 12.4 Å². The number of thioether (sulfide) groups is 1. The van der Waals surface area contributed by atoms with Crippen LogP contribution in [0.25, 0.3) is 0 Å². The molecule has 0 saturated carbocycles. The molecule has 0 unspecified atom stereocenters. The van der Waals surface area contributed by atoms with Crippen LogP contribution in [0.4, 0.5) is 0 Å². The van der Waals surface area contributed by atoms with E-state index in [-0.39, 0.29) is 17.3 Å². The zero-order valence-electron chi connectivity index (χ0n) is 6.75. The van der Waals surface area contributed by atoms with Crippen molar-refractivity contribution in [2.45, 2.75) is 13.3 Å². The minimum Gasteiger partial charge on any atom is -0.384 e. The normalized spacial score (nSPS) is 9.64. The van der Waals surface area contributed by atoms with Crippen molar-refractivity contribution in [1.29, 1.82) is 0 Å². The zero-order valence-corrected chi connectivity index (χ0v) is 7.57. The van der Waals surface area contributed by atoms with Gasteiger partial charge in [0, 0.05) is 12.9 Å². The molecule has 0 aromatic heterocycles. The average Bonchev–Trinajstić information content (AvgIpc) is 1.86. The minimum atomic E-state index is -0.0834. The van der Waals surface area contributed by atoms with Gasteiger partial charge in [-0.25, -0.2) is 0 Å². The van der Waals surface area contributed by atoms with Crippen LogP contribution >= 0.6 is 11.8 Å². The molecule has 0 aliphatic heterocycles. The van der Waals surface area contributed by atoms with E-state index in [1.165, 1.54) is 6.92 Å². The summed E-state index contributed by atoms with van der Waals surface area (Å²) in [4.78, 5) is 21.2. The van der Waals surface area contributed by atoms with E-state index in [2.05, 4.69) is 0 Å². The highest BCUT2D eigenvalue weighted by Crippen LogP contribution is 2.04. The van der Waals surface area contributed by atoms with Gasteiger partial charge in [0.1, 0.15) is 5.78 Å². The molecule has 0 atom stereocenters. The monoisotopic (exact) mass is 176 g/mol.